The van der Waals surface area contributed by atoms with Gasteiger partial charge in [-0.3, -0.25) is 9.88 Å². The normalized spacial score (nSPS) is 17.9. The molecular formula is C17H19Cl2N3. The van der Waals surface area contributed by atoms with E-state index in [4.69, 9.17) is 23.2 Å². The molecule has 1 aliphatic rings. The van der Waals surface area contributed by atoms with Crippen LogP contribution >= 0.6 is 23.2 Å². The van der Waals surface area contributed by atoms with E-state index in [1.165, 1.54) is 0 Å². The molecule has 1 atom stereocenters. The fraction of sp³-hybridized carbons (Fsp3) is 0.353. The number of nitrogens with one attached hydrogen (secondary N) is 1. The van der Waals surface area contributed by atoms with Gasteiger partial charge in [0.2, 0.25) is 0 Å². The standard InChI is InChI=1S/C17H19Cl2N3/c18-14-6-5-13(12-15(14)19)17(16-4-1-2-8-21-16)22-10-3-7-20-9-11-22/h1-2,4-6,8,12,17,20H,3,7,9-11H2. The molecule has 5 heteroatoms. The summed E-state index contributed by atoms with van der Waals surface area (Å²) in [6.45, 7) is 4.08. The summed E-state index contributed by atoms with van der Waals surface area (Å²) in [7, 11) is 0. The fourth-order valence-corrected chi connectivity index (χ4v) is 3.22. The molecule has 0 amide bonds. The maximum Gasteiger partial charge on any atom is 0.0777 e. The van der Waals surface area contributed by atoms with E-state index in [1.807, 2.05) is 36.5 Å². The number of benzene rings is 1. The van der Waals surface area contributed by atoms with Crippen LogP contribution in [0.15, 0.2) is 42.6 Å². The molecule has 1 aromatic heterocycles. The highest BCUT2D eigenvalue weighted by molar-refractivity contribution is 6.42. The maximum absolute atomic E-state index is 6.23. The molecule has 1 aliphatic heterocycles. The van der Waals surface area contributed by atoms with Crippen LogP contribution in [0.1, 0.15) is 23.7 Å². The molecule has 22 heavy (non-hydrogen) atoms. The Kier molecular flexibility index (Phi) is 5.32. The lowest BCUT2D eigenvalue weighted by Gasteiger charge is -2.30. The summed E-state index contributed by atoms with van der Waals surface area (Å²) in [6.07, 6.45) is 2.97. The molecule has 1 N–H and O–H groups in total. The van der Waals surface area contributed by atoms with Crippen LogP contribution in [0.4, 0.5) is 0 Å². The molecule has 0 aliphatic carbocycles. The zero-order chi connectivity index (χ0) is 15.4. The highest BCUT2D eigenvalue weighted by Gasteiger charge is 2.24. The maximum atomic E-state index is 6.23. The molecule has 2 heterocycles. The summed E-state index contributed by atoms with van der Waals surface area (Å²) in [5.74, 6) is 0. The van der Waals surface area contributed by atoms with Crippen molar-refractivity contribution in [2.75, 3.05) is 26.2 Å². The Bertz CT molecular complexity index is 611. The Labute approximate surface area is 141 Å². The van der Waals surface area contributed by atoms with Crippen LogP contribution < -0.4 is 5.32 Å². The van der Waals surface area contributed by atoms with Crippen LogP contribution in [0.25, 0.3) is 0 Å². The molecule has 0 radical (unpaired) electrons. The van der Waals surface area contributed by atoms with Gasteiger partial charge in [0, 0.05) is 25.8 Å². The number of nitrogens with zero attached hydrogens (tertiary/aromatic N) is 2. The molecule has 0 saturated carbocycles. The third kappa shape index (κ3) is 3.61. The van der Waals surface area contributed by atoms with Crippen LogP contribution in [0, 0.1) is 0 Å². The SMILES string of the molecule is Clc1ccc(C(c2ccccn2)N2CCCNCC2)cc1Cl. The van der Waals surface area contributed by atoms with E-state index in [9.17, 15) is 0 Å². The Balaban J connectivity index is 1.99. The van der Waals surface area contributed by atoms with Gasteiger partial charge in [0.25, 0.3) is 0 Å². The van der Waals surface area contributed by atoms with E-state index in [0.29, 0.717) is 10.0 Å². The van der Waals surface area contributed by atoms with E-state index in [0.717, 1.165) is 43.9 Å². The average Bonchev–Trinajstić information content (AvgIpc) is 2.81. The molecule has 3 rings (SSSR count). The Morgan fingerprint density at radius 1 is 1.05 bits per heavy atom. The monoisotopic (exact) mass is 335 g/mol. The zero-order valence-electron chi connectivity index (χ0n) is 12.3. The van der Waals surface area contributed by atoms with Crippen molar-refractivity contribution in [2.45, 2.75) is 12.5 Å². The third-order valence-electron chi connectivity index (χ3n) is 3.97. The molecule has 0 spiro atoms. The summed E-state index contributed by atoms with van der Waals surface area (Å²) in [5, 5.41) is 4.62. The van der Waals surface area contributed by atoms with Gasteiger partial charge in [-0.25, -0.2) is 0 Å². The molecule has 116 valence electrons. The number of pyridine rings is 1. The molecule has 1 fully saturated rings. The minimum absolute atomic E-state index is 0.107. The van der Waals surface area contributed by atoms with Crippen molar-refractivity contribution in [1.29, 1.82) is 0 Å². The summed E-state index contributed by atoms with van der Waals surface area (Å²) in [6, 6.07) is 12.0. The molecular weight excluding hydrogens is 317 g/mol. The highest BCUT2D eigenvalue weighted by Crippen LogP contribution is 2.32. The van der Waals surface area contributed by atoms with Crippen molar-refractivity contribution in [3.05, 3.63) is 63.9 Å². The lowest BCUT2D eigenvalue weighted by molar-refractivity contribution is 0.237. The van der Waals surface area contributed by atoms with Gasteiger partial charge in [-0.2, -0.15) is 0 Å². The minimum atomic E-state index is 0.107. The largest absolute Gasteiger partial charge is 0.315 e. The van der Waals surface area contributed by atoms with E-state index in [1.54, 1.807) is 0 Å². The van der Waals surface area contributed by atoms with Gasteiger partial charge in [-0.05, 0) is 42.8 Å². The molecule has 2 aromatic rings. The van der Waals surface area contributed by atoms with Crippen molar-refractivity contribution in [2.24, 2.45) is 0 Å². The second kappa shape index (κ2) is 7.42. The van der Waals surface area contributed by atoms with E-state index < -0.39 is 0 Å². The second-order valence-electron chi connectivity index (χ2n) is 5.47. The number of hydrogen-bond donors (Lipinski definition) is 1. The second-order valence-corrected chi connectivity index (χ2v) is 6.28. The van der Waals surface area contributed by atoms with Crippen LogP contribution in [0.3, 0.4) is 0 Å². The molecule has 1 aromatic carbocycles. The predicted octanol–water partition coefficient (Wildman–Crippen LogP) is 3.77. The van der Waals surface area contributed by atoms with Crippen LogP contribution in [0.2, 0.25) is 10.0 Å². The summed E-state index contributed by atoms with van der Waals surface area (Å²) in [4.78, 5) is 7.04. The molecule has 3 nitrogen and oxygen atoms in total. The fourth-order valence-electron chi connectivity index (χ4n) is 2.91. The lowest BCUT2D eigenvalue weighted by Crippen LogP contribution is -2.33. The first-order valence-corrected chi connectivity index (χ1v) is 8.32. The van der Waals surface area contributed by atoms with Crippen molar-refractivity contribution >= 4 is 23.2 Å². The van der Waals surface area contributed by atoms with Gasteiger partial charge in [-0.1, -0.05) is 35.3 Å². The van der Waals surface area contributed by atoms with Crippen LogP contribution in [-0.2, 0) is 0 Å². The van der Waals surface area contributed by atoms with Gasteiger partial charge < -0.3 is 5.32 Å². The quantitative estimate of drug-likeness (QED) is 0.925. The Morgan fingerprint density at radius 2 is 1.95 bits per heavy atom. The van der Waals surface area contributed by atoms with Crippen molar-refractivity contribution < 1.29 is 0 Å². The first-order chi connectivity index (χ1) is 10.8. The average molecular weight is 336 g/mol. The van der Waals surface area contributed by atoms with E-state index >= 15 is 0 Å². The van der Waals surface area contributed by atoms with E-state index in [2.05, 4.69) is 21.3 Å². The number of aromatic nitrogens is 1. The van der Waals surface area contributed by atoms with Gasteiger partial charge in [0.05, 0.1) is 21.8 Å². The van der Waals surface area contributed by atoms with Gasteiger partial charge in [0.15, 0.2) is 0 Å². The van der Waals surface area contributed by atoms with Crippen LogP contribution in [-0.4, -0.2) is 36.1 Å². The van der Waals surface area contributed by atoms with Crippen LogP contribution in [0.5, 0.6) is 0 Å². The summed E-state index contributed by atoms with van der Waals surface area (Å²) < 4.78 is 0. The summed E-state index contributed by atoms with van der Waals surface area (Å²) in [5.41, 5.74) is 2.18. The minimum Gasteiger partial charge on any atom is -0.315 e. The van der Waals surface area contributed by atoms with Gasteiger partial charge in [-0.15, -0.1) is 0 Å². The lowest BCUT2D eigenvalue weighted by atomic mass is 10.0. The topological polar surface area (TPSA) is 28.2 Å². The predicted molar refractivity (Wildman–Crippen MR) is 91.6 cm³/mol. The molecule has 1 unspecified atom stereocenters. The number of hydrogen-bond acceptors (Lipinski definition) is 3. The van der Waals surface area contributed by atoms with Crippen molar-refractivity contribution in [3.8, 4) is 0 Å². The van der Waals surface area contributed by atoms with Crippen molar-refractivity contribution in [1.82, 2.24) is 15.2 Å². The van der Waals surface area contributed by atoms with Gasteiger partial charge in [0.1, 0.15) is 0 Å². The smallest absolute Gasteiger partial charge is 0.0777 e. The van der Waals surface area contributed by atoms with E-state index in [-0.39, 0.29) is 6.04 Å². The first-order valence-electron chi connectivity index (χ1n) is 7.56. The Hall–Kier alpha value is -1.13. The number of halogens is 2. The first kappa shape index (κ1) is 15.8. The Morgan fingerprint density at radius 3 is 2.73 bits per heavy atom. The number of rotatable bonds is 3. The third-order valence-corrected chi connectivity index (χ3v) is 4.71. The highest BCUT2D eigenvalue weighted by atomic mass is 35.5. The zero-order valence-corrected chi connectivity index (χ0v) is 13.8. The molecule has 1 saturated heterocycles. The van der Waals surface area contributed by atoms with Crippen molar-refractivity contribution in [3.63, 3.8) is 0 Å². The molecule has 0 bridgehead atoms. The van der Waals surface area contributed by atoms with Gasteiger partial charge >= 0.3 is 0 Å². The summed E-state index contributed by atoms with van der Waals surface area (Å²) >= 11 is 12.3.